The molecule has 0 spiro atoms. The number of carbonyl (C=O) groups is 1. The molecule has 0 aliphatic heterocycles. The lowest BCUT2D eigenvalue weighted by Crippen LogP contribution is -2.00. The Kier molecular flexibility index (Phi) is 14.0. The van der Waals surface area contributed by atoms with Crippen LogP contribution < -0.4 is 0 Å². The first-order chi connectivity index (χ1) is 9.70. The van der Waals surface area contributed by atoms with E-state index < -0.39 is 0 Å². The van der Waals surface area contributed by atoms with E-state index in [0.717, 1.165) is 12.3 Å². The Hall–Kier alpha value is -0.790. The number of carbonyl (C=O) groups excluding carboxylic acids is 1. The van der Waals surface area contributed by atoms with Crippen LogP contribution in [0.3, 0.4) is 0 Å². The molecule has 0 aromatic heterocycles. The molecular weight excluding hydrogens is 248 g/mol. The van der Waals surface area contributed by atoms with Crippen LogP contribution in [0, 0.1) is 5.92 Å². The van der Waals surface area contributed by atoms with Crippen LogP contribution in [0.4, 0.5) is 0 Å². The van der Waals surface area contributed by atoms with Crippen LogP contribution in [0.25, 0.3) is 0 Å². The van der Waals surface area contributed by atoms with Crippen molar-refractivity contribution in [1.82, 2.24) is 0 Å². The van der Waals surface area contributed by atoms with Crippen molar-refractivity contribution in [1.29, 1.82) is 0 Å². The minimum absolute atomic E-state index is 0.162. The first-order valence-electron chi connectivity index (χ1n) is 8.46. The lowest BCUT2D eigenvalue weighted by atomic mass is 9.95. The van der Waals surface area contributed by atoms with Crippen molar-refractivity contribution in [3.8, 4) is 0 Å². The maximum absolute atomic E-state index is 10.6. The highest BCUT2D eigenvalue weighted by Crippen LogP contribution is 2.18. The fraction of sp³-hybridized carbons (Fsp3) is 0.833. The van der Waals surface area contributed by atoms with E-state index in [4.69, 9.17) is 4.74 Å². The van der Waals surface area contributed by atoms with Crippen molar-refractivity contribution in [2.75, 3.05) is 6.61 Å². The zero-order valence-corrected chi connectivity index (χ0v) is 13.7. The number of allylic oxidation sites excluding steroid dienone is 1. The van der Waals surface area contributed by atoms with Gasteiger partial charge in [0.25, 0.3) is 0 Å². The second-order valence-electron chi connectivity index (χ2n) is 5.74. The van der Waals surface area contributed by atoms with Gasteiger partial charge in [0.2, 0.25) is 0 Å². The van der Waals surface area contributed by atoms with Gasteiger partial charge in [0, 0.05) is 6.92 Å². The van der Waals surface area contributed by atoms with Gasteiger partial charge in [-0.05, 0) is 25.2 Å². The van der Waals surface area contributed by atoms with Gasteiger partial charge in [-0.2, -0.15) is 0 Å². The Labute approximate surface area is 126 Å². The van der Waals surface area contributed by atoms with Crippen LogP contribution in [0.15, 0.2) is 12.7 Å². The monoisotopic (exact) mass is 282 g/mol. The molecule has 2 heteroatoms. The summed E-state index contributed by atoms with van der Waals surface area (Å²) in [6.07, 6.45) is 16.2. The molecule has 0 amide bonds. The van der Waals surface area contributed by atoms with E-state index in [9.17, 15) is 4.79 Å². The molecule has 0 saturated heterocycles. The number of esters is 1. The largest absolute Gasteiger partial charge is 0.466 e. The van der Waals surface area contributed by atoms with E-state index in [0.29, 0.717) is 6.61 Å². The third kappa shape index (κ3) is 13.6. The fourth-order valence-corrected chi connectivity index (χ4v) is 2.45. The van der Waals surface area contributed by atoms with E-state index in [1.807, 2.05) is 0 Å². The standard InChI is InChI=1S/C18H34O2/c1-4-6-14-18(5-2)15-12-10-8-7-9-11-13-16-20-17(3)19/h5,18H,2,4,6-16H2,1,3H3. The van der Waals surface area contributed by atoms with Crippen LogP contribution >= 0.6 is 0 Å². The van der Waals surface area contributed by atoms with Gasteiger partial charge in [0.05, 0.1) is 6.61 Å². The minimum atomic E-state index is -0.162. The first kappa shape index (κ1) is 19.2. The predicted molar refractivity (Wildman–Crippen MR) is 86.8 cm³/mol. The Bertz CT molecular complexity index is 236. The minimum Gasteiger partial charge on any atom is -0.466 e. The molecule has 0 rings (SSSR count). The van der Waals surface area contributed by atoms with Crippen molar-refractivity contribution in [3.63, 3.8) is 0 Å². The maximum atomic E-state index is 10.6. The quantitative estimate of drug-likeness (QED) is 0.233. The number of hydrogen-bond donors (Lipinski definition) is 0. The molecule has 1 atom stereocenters. The van der Waals surface area contributed by atoms with Gasteiger partial charge in [-0.25, -0.2) is 0 Å². The molecule has 2 nitrogen and oxygen atoms in total. The Balaban J connectivity index is 3.22. The topological polar surface area (TPSA) is 26.3 Å². The second kappa shape index (κ2) is 14.6. The number of unbranched alkanes of at least 4 members (excludes halogenated alkanes) is 7. The van der Waals surface area contributed by atoms with Gasteiger partial charge in [0.1, 0.15) is 0 Å². The lowest BCUT2D eigenvalue weighted by molar-refractivity contribution is -0.141. The molecular formula is C18H34O2. The van der Waals surface area contributed by atoms with Gasteiger partial charge in [0.15, 0.2) is 0 Å². The van der Waals surface area contributed by atoms with Gasteiger partial charge in [-0.3, -0.25) is 4.79 Å². The molecule has 20 heavy (non-hydrogen) atoms. The van der Waals surface area contributed by atoms with E-state index in [1.165, 1.54) is 71.1 Å². The molecule has 0 N–H and O–H groups in total. The third-order valence-electron chi connectivity index (χ3n) is 3.79. The smallest absolute Gasteiger partial charge is 0.302 e. The zero-order chi connectivity index (χ0) is 15.1. The number of hydrogen-bond acceptors (Lipinski definition) is 2. The lowest BCUT2D eigenvalue weighted by Gasteiger charge is -2.11. The number of ether oxygens (including phenoxy) is 1. The van der Waals surface area contributed by atoms with Gasteiger partial charge in [-0.15, -0.1) is 6.58 Å². The van der Waals surface area contributed by atoms with E-state index in [-0.39, 0.29) is 5.97 Å². The molecule has 0 heterocycles. The van der Waals surface area contributed by atoms with Gasteiger partial charge < -0.3 is 4.74 Å². The predicted octanol–water partition coefficient (Wildman–Crippen LogP) is 5.66. The summed E-state index contributed by atoms with van der Waals surface area (Å²) in [5.74, 6) is 0.573. The van der Waals surface area contributed by atoms with Crippen LogP contribution in [0.2, 0.25) is 0 Å². The molecule has 0 fully saturated rings. The van der Waals surface area contributed by atoms with Crippen LogP contribution in [0.1, 0.15) is 84.5 Å². The van der Waals surface area contributed by atoms with Crippen molar-refractivity contribution in [2.45, 2.75) is 84.5 Å². The fourth-order valence-electron chi connectivity index (χ4n) is 2.45. The van der Waals surface area contributed by atoms with Crippen LogP contribution in [-0.4, -0.2) is 12.6 Å². The van der Waals surface area contributed by atoms with Crippen molar-refractivity contribution < 1.29 is 9.53 Å². The Morgan fingerprint density at radius 2 is 1.55 bits per heavy atom. The summed E-state index contributed by atoms with van der Waals surface area (Å²) < 4.78 is 4.91. The highest BCUT2D eigenvalue weighted by Gasteiger charge is 2.03. The molecule has 0 saturated carbocycles. The first-order valence-corrected chi connectivity index (χ1v) is 8.46. The van der Waals surface area contributed by atoms with Crippen LogP contribution in [-0.2, 0) is 9.53 Å². The normalized spacial score (nSPS) is 12.1. The highest BCUT2D eigenvalue weighted by atomic mass is 16.5. The molecule has 1 unspecified atom stereocenters. The van der Waals surface area contributed by atoms with Gasteiger partial charge >= 0.3 is 5.97 Å². The van der Waals surface area contributed by atoms with Crippen molar-refractivity contribution in [2.24, 2.45) is 5.92 Å². The van der Waals surface area contributed by atoms with Crippen molar-refractivity contribution >= 4 is 5.97 Å². The third-order valence-corrected chi connectivity index (χ3v) is 3.79. The summed E-state index contributed by atoms with van der Waals surface area (Å²) in [7, 11) is 0. The molecule has 0 radical (unpaired) electrons. The summed E-state index contributed by atoms with van der Waals surface area (Å²) in [5, 5.41) is 0. The molecule has 0 bridgehead atoms. The van der Waals surface area contributed by atoms with E-state index in [2.05, 4.69) is 19.6 Å². The maximum Gasteiger partial charge on any atom is 0.302 e. The average molecular weight is 282 g/mol. The molecule has 0 aromatic carbocycles. The Morgan fingerprint density at radius 1 is 1.00 bits per heavy atom. The molecule has 118 valence electrons. The molecule has 0 aliphatic rings. The van der Waals surface area contributed by atoms with Gasteiger partial charge in [-0.1, -0.05) is 64.4 Å². The summed E-state index contributed by atoms with van der Waals surface area (Å²) in [5.41, 5.74) is 0. The second-order valence-corrected chi connectivity index (χ2v) is 5.74. The van der Waals surface area contributed by atoms with E-state index >= 15 is 0 Å². The summed E-state index contributed by atoms with van der Waals surface area (Å²) in [4.78, 5) is 10.6. The summed E-state index contributed by atoms with van der Waals surface area (Å²) in [6.45, 7) is 8.26. The summed E-state index contributed by atoms with van der Waals surface area (Å²) in [6, 6.07) is 0. The number of rotatable bonds is 14. The SMILES string of the molecule is C=CC(CCCC)CCCCCCCCCOC(C)=O. The van der Waals surface area contributed by atoms with Crippen molar-refractivity contribution in [3.05, 3.63) is 12.7 Å². The van der Waals surface area contributed by atoms with Crippen LogP contribution in [0.5, 0.6) is 0 Å². The molecule has 0 aliphatic carbocycles. The van der Waals surface area contributed by atoms with E-state index in [1.54, 1.807) is 0 Å². The highest BCUT2D eigenvalue weighted by molar-refractivity contribution is 5.65. The average Bonchev–Trinajstić information content (AvgIpc) is 2.43. The molecule has 0 aromatic rings. The Morgan fingerprint density at radius 3 is 2.10 bits per heavy atom. The zero-order valence-electron chi connectivity index (χ0n) is 13.7. The summed E-state index contributed by atoms with van der Waals surface area (Å²) >= 11 is 0.